The number of nitrogens with zero attached hydrogens (tertiary/aromatic N) is 1. The lowest BCUT2D eigenvalue weighted by Gasteiger charge is -2.26. The highest BCUT2D eigenvalue weighted by Crippen LogP contribution is 2.10. The summed E-state index contributed by atoms with van der Waals surface area (Å²) in [4.78, 5) is 33.6. The van der Waals surface area contributed by atoms with Crippen LogP contribution in [0, 0.1) is 0 Å². The van der Waals surface area contributed by atoms with Gasteiger partial charge in [-0.15, -0.1) is 0 Å². The summed E-state index contributed by atoms with van der Waals surface area (Å²) < 4.78 is 5.11. The lowest BCUT2D eigenvalue weighted by atomic mass is 10.2. The fourth-order valence-electron chi connectivity index (χ4n) is 1.06. The van der Waals surface area contributed by atoms with Gasteiger partial charge in [0.15, 0.2) is 0 Å². The van der Waals surface area contributed by atoms with Crippen LogP contribution in [0.2, 0.25) is 0 Å². The monoisotopic (exact) mass is 245 g/mol. The molecule has 6 nitrogen and oxygen atoms in total. The molecule has 0 unspecified atom stereocenters. The number of aldehydes is 1. The maximum absolute atomic E-state index is 11.7. The lowest BCUT2D eigenvalue weighted by molar-refractivity contribution is -0.137. The van der Waals surface area contributed by atoms with E-state index in [0.717, 1.165) is 0 Å². The van der Waals surface area contributed by atoms with Gasteiger partial charge >= 0.3 is 12.1 Å². The van der Waals surface area contributed by atoms with Gasteiger partial charge in [0.2, 0.25) is 0 Å². The summed E-state index contributed by atoms with van der Waals surface area (Å²) in [5.74, 6) is -0.996. The molecule has 6 heteroatoms. The van der Waals surface area contributed by atoms with Gasteiger partial charge < -0.3 is 19.5 Å². The fraction of sp³-hybridized carbons (Fsp3) is 0.727. The molecule has 0 radical (unpaired) electrons. The van der Waals surface area contributed by atoms with Crippen LogP contribution in [-0.4, -0.2) is 47.0 Å². The maximum atomic E-state index is 11.7. The van der Waals surface area contributed by atoms with Crippen molar-refractivity contribution in [3.8, 4) is 0 Å². The van der Waals surface area contributed by atoms with E-state index in [1.54, 1.807) is 20.8 Å². The zero-order valence-electron chi connectivity index (χ0n) is 10.4. The van der Waals surface area contributed by atoms with E-state index in [9.17, 15) is 14.4 Å². The molecule has 1 N–H and O–H groups in total. The van der Waals surface area contributed by atoms with Crippen molar-refractivity contribution in [3.05, 3.63) is 0 Å². The minimum Gasteiger partial charge on any atom is -0.481 e. The van der Waals surface area contributed by atoms with Crippen LogP contribution in [-0.2, 0) is 14.3 Å². The Balaban J connectivity index is 4.38. The van der Waals surface area contributed by atoms with Gasteiger partial charge in [0.1, 0.15) is 11.9 Å². The predicted molar refractivity (Wildman–Crippen MR) is 60.7 cm³/mol. The summed E-state index contributed by atoms with van der Waals surface area (Å²) in [6.07, 6.45) is 0.0790. The second-order valence-corrected chi connectivity index (χ2v) is 4.57. The normalized spacial score (nSPS) is 10.8. The van der Waals surface area contributed by atoms with Gasteiger partial charge in [0, 0.05) is 19.5 Å². The van der Waals surface area contributed by atoms with Crippen LogP contribution < -0.4 is 0 Å². The molecule has 0 heterocycles. The Bertz CT molecular complexity index is 282. The van der Waals surface area contributed by atoms with E-state index in [0.29, 0.717) is 6.29 Å². The van der Waals surface area contributed by atoms with Crippen molar-refractivity contribution in [2.75, 3.05) is 13.1 Å². The highest BCUT2D eigenvalue weighted by molar-refractivity contribution is 5.71. The van der Waals surface area contributed by atoms with Crippen LogP contribution in [0.4, 0.5) is 4.79 Å². The first-order valence-electron chi connectivity index (χ1n) is 5.39. The summed E-state index contributed by atoms with van der Waals surface area (Å²) in [6, 6.07) is 0. The molecule has 0 aliphatic heterocycles. The van der Waals surface area contributed by atoms with Crippen molar-refractivity contribution >= 4 is 18.3 Å². The number of carboxylic acid groups (broad SMARTS) is 1. The largest absolute Gasteiger partial charge is 0.481 e. The van der Waals surface area contributed by atoms with Gasteiger partial charge in [-0.1, -0.05) is 0 Å². The number of carbonyl (C=O) groups excluding carboxylic acids is 2. The molecule has 0 aliphatic carbocycles. The summed E-state index contributed by atoms with van der Waals surface area (Å²) in [6.45, 7) is 5.38. The van der Waals surface area contributed by atoms with Crippen molar-refractivity contribution in [2.24, 2.45) is 0 Å². The van der Waals surface area contributed by atoms with Crippen molar-refractivity contribution < 1.29 is 24.2 Å². The van der Waals surface area contributed by atoms with Crippen LogP contribution in [0.5, 0.6) is 0 Å². The average Bonchev–Trinajstić information content (AvgIpc) is 2.14. The third-order valence-electron chi connectivity index (χ3n) is 1.76. The summed E-state index contributed by atoms with van der Waals surface area (Å²) in [7, 11) is 0. The molecule has 0 spiro atoms. The molecule has 1 amide bonds. The first kappa shape index (κ1) is 15.4. The molecule has 0 saturated heterocycles. The molecule has 0 rings (SSSR count). The zero-order chi connectivity index (χ0) is 13.5. The zero-order valence-corrected chi connectivity index (χ0v) is 10.4. The number of hydrogen-bond donors (Lipinski definition) is 1. The second kappa shape index (κ2) is 6.88. The van der Waals surface area contributed by atoms with Gasteiger partial charge in [-0.05, 0) is 20.8 Å². The Kier molecular flexibility index (Phi) is 6.23. The van der Waals surface area contributed by atoms with E-state index in [1.807, 2.05) is 0 Å². The van der Waals surface area contributed by atoms with Crippen molar-refractivity contribution in [2.45, 2.75) is 39.2 Å². The molecule has 0 fully saturated rings. The Hall–Kier alpha value is -1.59. The Morgan fingerprint density at radius 1 is 1.29 bits per heavy atom. The number of ether oxygens (including phenoxy) is 1. The topological polar surface area (TPSA) is 83.9 Å². The van der Waals surface area contributed by atoms with E-state index in [2.05, 4.69) is 0 Å². The van der Waals surface area contributed by atoms with Crippen LogP contribution in [0.15, 0.2) is 0 Å². The quantitative estimate of drug-likeness (QED) is 0.713. The number of aliphatic carboxylic acids is 1. The molecular formula is C11H19NO5. The van der Waals surface area contributed by atoms with Gasteiger partial charge in [0.05, 0.1) is 6.42 Å². The minimum absolute atomic E-state index is 0.0398. The summed E-state index contributed by atoms with van der Waals surface area (Å²) in [5.41, 5.74) is -0.639. The molecule has 0 aliphatic rings. The van der Waals surface area contributed by atoms with Crippen molar-refractivity contribution in [1.29, 1.82) is 0 Å². The molecular weight excluding hydrogens is 226 g/mol. The first-order chi connectivity index (χ1) is 7.76. The smallest absolute Gasteiger partial charge is 0.410 e. The molecule has 0 atom stereocenters. The van der Waals surface area contributed by atoms with Gasteiger partial charge in [-0.25, -0.2) is 4.79 Å². The number of amides is 1. The molecule has 98 valence electrons. The first-order valence-corrected chi connectivity index (χ1v) is 5.39. The number of rotatable bonds is 6. The third-order valence-corrected chi connectivity index (χ3v) is 1.76. The van der Waals surface area contributed by atoms with E-state index >= 15 is 0 Å². The summed E-state index contributed by atoms with van der Waals surface area (Å²) >= 11 is 0. The molecule has 0 saturated carbocycles. The minimum atomic E-state index is -0.996. The van der Waals surface area contributed by atoms with E-state index in [1.165, 1.54) is 4.90 Å². The fourth-order valence-corrected chi connectivity index (χ4v) is 1.06. The standard InChI is InChI=1S/C11H19NO5/c1-11(2,3)17-10(16)12(6-4-8-13)7-5-9(14)15/h8H,4-7H2,1-3H3,(H,14,15). The maximum Gasteiger partial charge on any atom is 0.410 e. The lowest BCUT2D eigenvalue weighted by Crippen LogP contribution is -2.38. The van der Waals surface area contributed by atoms with Crippen molar-refractivity contribution in [1.82, 2.24) is 4.90 Å². The van der Waals surface area contributed by atoms with Gasteiger partial charge in [0.25, 0.3) is 0 Å². The van der Waals surface area contributed by atoms with Crippen LogP contribution in [0.1, 0.15) is 33.6 Å². The Labute approximate surface area is 101 Å². The second-order valence-electron chi connectivity index (χ2n) is 4.57. The van der Waals surface area contributed by atoms with Gasteiger partial charge in [-0.2, -0.15) is 0 Å². The van der Waals surface area contributed by atoms with Crippen LogP contribution in [0.3, 0.4) is 0 Å². The molecule has 0 bridgehead atoms. The highest BCUT2D eigenvalue weighted by atomic mass is 16.6. The van der Waals surface area contributed by atoms with Crippen LogP contribution >= 0.6 is 0 Å². The SMILES string of the molecule is CC(C)(C)OC(=O)N(CCC=O)CCC(=O)O. The van der Waals surface area contributed by atoms with E-state index in [4.69, 9.17) is 9.84 Å². The average molecular weight is 245 g/mol. The molecule has 17 heavy (non-hydrogen) atoms. The molecule has 0 aromatic rings. The van der Waals surface area contributed by atoms with Crippen molar-refractivity contribution in [3.63, 3.8) is 0 Å². The van der Waals surface area contributed by atoms with E-state index in [-0.39, 0.29) is 25.9 Å². The number of carboxylic acids is 1. The summed E-state index contributed by atoms with van der Waals surface area (Å²) in [5, 5.41) is 8.55. The van der Waals surface area contributed by atoms with E-state index < -0.39 is 17.7 Å². The third kappa shape index (κ3) is 8.24. The number of carbonyl (C=O) groups is 3. The predicted octanol–water partition coefficient (Wildman–Crippen LogP) is 1.29. The number of hydrogen-bond acceptors (Lipinski definition) is 4. The Morgan fingerprint density at radius 3 is 2.29 bits per heavy atom. The molecule has 0 aromatic heterocycles. The van der Waals surface area contributed by atoms with Crippen LogP contribution in [0.25, 0.3) is 0 Å². The van der Waals surface area contributed by atoms with Gasteiger partial charge in [-0.3, -0.25) is 4.79 Å². The Morgan fingerprint density at radius 2 is 1.88 bits per heavy atom. The highest BCUT2D eigenvalue weighted by Gasteiger charge is 2.22. The molecule has 0 aromatic carbocycles.